The number of rotatable bonds is 6. The summed E-state index contributed by atoms with van der Waals surface area (Å²) >= 11 is 0. The molecule has 226 valence electrons. The first-order chi connectivity index (χ1) is 22.3. The van der Waals surface area contributed by atoms with Crippen LogP contribution < -0.4 is 4.57 Å². The average molecular weight is 601 g/mol. The zero-order valence-electron chi connectivity index (χ0n) is 27.3. The van der Waals surface area contributed by atoms with Gasteiger partial charge in [0, 0.05) is 22.1 Å². The Bertz CT molecular complexity index is 2250. The van der Waals surface area contributed by atoms with E-state index in [0.29, 0.717) is 5.69 Å². The largest absolute Gasteiger partial charge is 0.464 e. The number of aryl methyl sites for hydroxylation is 2. The average Bonchev–Trinajstić information content (AvgIpc) is 3.67. The lowest BCUT2D eigenvalue weighted by atomic mass is 9.87. The second-order valence-corrected chi connectivity index (χ2v) is 12.8. The molecule has 0 unspecified atom stereocenters. The van der Waals surface area contributed by atoms with Gasteiger partial charge in [-0.3, -0.25) is 0 Å². The van der Waals surface area contributed by atoms with Crippen molar-refractivity contribution in [3.8, 4) is 39.3 Å². The Kier molecular flexibility index (Phi) is 7.34. The lowest BCUT2D eigenvalue weighted by molar-refractivity contribution is -0.557. The second kappa shape index (κ2) is 11.5. The zero-order chi connectivity index (χ0) is 32.1. The number of nitrogens with zero attached hydrogens (tertiary/aromatic N) is 3. The van der Waals surface area contributed by atoms with Crippen molar-refractivity contribution in [2.24, 2.45) is 7.05 Å². The summed E-state index contributed by atoms with van der Waals surface area (Å²) in [5.41, 5.74) is 14.5. The van der Waals surface area contributed by atoms with Crippen LogP contribution in [0.3, 0.4) is 0 Å². The van der Waals surface area contributed by atoms with Crippen LogP contribution >= 0.6 is 0 Å². The molecule has 0 atom stereocenters. The van der Waals surface area contributed by atoms with Crippen molar-refractivity contribution >= 4 is 27.7 Å². The van der Waals surface area contributed by atoms with Crippen LogP contribution in [0.2, 0.25) is 0 Å². The van der Waals surface area contributed by atoms with E-state index in [1.54, 1.807) is 6.26 Å². The van der Waals surface area contributed by atoms with E-state index in [9.17, 15) is 0 Å². The molecule has 0 N–H and O–H groups in total. The van der Waals surface area contributed by atoms with Crippen molar-refractivity contribution < 1.29 is 8.98 Å². The third kappa shape index (κ3) is 4.80. The van der Waals surface area contributed by atoms with Crippen LogP contribution in [-0.2, 0) is 7.05 Å². The third-order valence-electron chi connectivity index (χ3n) is 9.29. The Morgan fingerprint density at radius 1 is 0.717 bits per heavy atom. The Morgan fingerprint density at radius 2 is 1.35 bits per heavy atom. The molecule has 0 aliphatic rings. The van der Waals surface area contributed by atoms with Gasteiger partial charge in [0.25, 0.3) is 5.82 Å². The molecule has 7 rings (SSSR count). The molecule has 0 aliphatic carbocycles. The van der Waals surface area contributed by atoms with E-state index in [4.69, 9.17) is 11.0 Å². The highest BCUT2D eigenvalue weighted by atomic mass is 16.3. The maximum absolute atomic E-state index is 7.73. The fraction of sp³-hybridized carbons (Fsp3) is 0.190. The van der Waals surface area contributed by atoms with Crippen molar-refractivity contribution in [1.29, 1.82) is 0 Å². The van der Waals surface area contributed by atoms with Gasteiger partial charge >= 0.3 is 0 Å². The van der Waals surface area contributed by atoms with Crippen molar-refractivity contribution in [3.63, 3.8) is 0 Å². The number of furan rings is 1. The van der Waals surface area contributed by atoms with Gasteiger partial charge < -0.3 is 4.42 Å². The minimum Gasteiger partial charge on any atom is -0.464 e. The van der Waals surface area contributed by atoms with E-state index in [1.807, 2.05) is 18.2 Å². The summed E-state index contributed by atoms with van der Waals surface area (Å²) in [5.74, 6) is 1.60. The lowest BCUT2D eigenvalue weighted by Crippen LogP contribution is -2.36. The van der Waals surface area contributed by atoms with E-state index in [2.05, 4.69) is 141 Å². The van der Waals surface area contributed by atoms with Crippen LogP contribution in [-0.4, -0.2) is 4.57 Å². The first kappa shape index (κ1) is 29.3. The molecule has 46 heavy (non-hydrogen) atoms. The maximum atomic E-state index is 7.73. The van der Waals surface area contributed by atoms with Gasteiger partial charge in [0.05, 0.1) is 25.4 Å². The summed E-state index contributed by atoms with van der Waals surface area (Å²) in [7, 11) is 2.11. The van der Waals surface area contributed by atoms with Gasteiger partial charge in [0.1, 0.15) is 11.3 Å². The number of imidazole rings is 1. The number of aromatic nitrogens is 2. The van der Waals surface area contributed by atoms with E-state index >= 15 is 0 Å². The molecule has 4 heteroatoms. The van der Waals surface area contributed by atoms with Crippen molar-refractivity contribution in [3.05, 3.63) is 137 Å². The molecule has 0 aliphatic heterocycles. The van der Waals surface area contributed by atoms with Gasteiger partial charge in [0.15, 0.2) is 16.7 Å². The SMILES string of the molecule is [C-]#[N+]c1ccc2c(c1)n(C)c(-c1ccc3ccoc3c1C)[n+]2-c1c(C(C)C)cc(-c2ccc(-c3ccccc3)cc2)cc1C(C)C. The van der Waals surface area contributed by atoms with E-state index in [0.717, 1.165) is 39.0 Å². The summed E-state index contributed by atoms with van der Waals surface area (Å²) < 4.78 is 10.7. The number of hydrogen-bond donors (Lipinski definition) is 0. The monoisotopic (exact) mass is 600 g/mol. The van der Waals surface area contributed by atoms with Gasteiger partial charge in [0.2, 0.25) is 0 Å². The minimum atomic E-state index is 0.266. The lowest BCUT2D eigenvalue weighted by Gasteiger charge is -2.21. The predicted molar refractivity (Wildman–Crippen MR) is 190 cm³/mol. The summed E-state index contributed by atoms with van der Waals surface area (Å²) in [6, 6.07) is 36.7. The van der Waals surface area contributed by atoms with Crippen LogP contribution in [0, 0.1) is 13.5 Å². The summed E-state index contributed by atoms with van der Waals surface area (Å²) in [5, 5.41) is 1.09. The molecular formula is C42H38N3O+. The minimum absolute atomic E-state index is 0.266. The van der Waals surface area contributed by atoms with Gasteiger partial charge in [-0.25, -0.2) is 9.41 Å². The standard InChI is InChI=1S/C42H38N3O/c1-26(2)36-23-33(31-15-13-30(14-16-31)29-11-9-8-10-12-29)24-37(27(3)4)40(36)45-38-20-18-34(43-6)25-39(38)44(7)42(45)35-19-17-32-21-22-46-41(32)28(35)5/h8-27H,1-5,7H3/q+1. The molecule has 0 amide bonds. The fourth-order valence-corrected chi connectivity index (χ4v) is 6.83. The highest BCUT2D eigenvalue weighted by Crippen LogP contribution is 2.39. The van der Waals surface area contributed by atoms with Gasteiger partial charge in [-0.2, -0.15) is 4.57 Å². The highest BCUT2D eigenvalue weighted by Gasteiger charge is 2.32. The van der Waals surface area contributed by atoms with Crippen LogP contribution in [0.4, 0.5) is 5.69 Å². The Morgan fingerprint density at radius 3 is 1.98 bits per heavy atom. The molecule has 0 saturated heterocycles. The predicted octanol–water partition coefficient (Wildman–Crippen LogP) is 11.3. The number of benzene rings is 5. The summed E-state index contributed by atoms with van der Waals surface area (Å²) in [4.78, 5) is 3.77. The molecule has 0 bridgehead atoms. The molecule has 0 spiro atoms. The topological polar surface area (TPSA) is 26.3 Å². The molecule has 2 heterocycles. The molecule has 0 radical (unpaired) electrons. The van der Waals surface area contributed by atoms with Gasteiger partial charge in [-0.05, 0) is 77.4 Å². The smallest absolute Gasteiger partial charge is 0.295 e. The van der Waals surface area contributed by atoms with Crippen LogP contribution in [0.1, 0.15) is 56.2 Å². The fourth-order valence-electron chi connectivity index (χ4n) is 6.83. The van der Waals surface area contributed by atoms with E-state index in [1.165, 1.54) is 39.1 Å². The molecule has 4 nitrogen and oxygen atoms in total. The molecule has 2 aromatic heterocycles. The Balaban J connectivity index is 1.52. The van der Waals surface area contributed by atoms with E-state index < -0.39 is 0 Å². The summed E-state index contributed by atoms with van der Waals surface area (Å²) in [6.07, 6.45) is 1.76. The third-order valence-corrected chi connectivity index (χ3v) is 9.29. The normalized spacial score (nSPS) is 11.6. The zero-order valence-corrected chi connectivity index (χ0v) is 27.3. The Hall–Kier alpha value is -5.40. The van der Waals surface area contributed by atoms with Gasteiger partial charge in [-0.15, -0.1) is 0 Å². The molecule has 0 saturated carbocycles. The first-order valence-corrected chi connectivity index (χ1v) is 16.0. The summed E-state index contributed by atoms with van der Waals surface area (Å²) in [6.45, 7) is 19.0. The van der Waals surface area contributed by atoms with Crippen molar-refractivity contribution in [2.45, 2.75) is 46.5 Å². The second-order valence-electron chi connectivity index (χ2n) is 12.8. The molecule has 0 fully saturated rings. The molecular weight excluding hydrogens is 562 g/mol. The Labute approximate surface area is 271 Å². The van der Waals surface area contributed by atoms with Crippen LogP contribution in [0.25, 0.3) is 66.2 Å². The molecule has 7 aromatic rings. The van der Waals surface area contributed by atoms with Gasteiger partial charge in [-0.1, -0.05) is 94.4 Å². The van der Waals surface area contributed by atoms with E-state index in [-0.39, 0.29) is 11.8 Å². The van der Waals surface area contributed by atoms with Crippen LogP contribution in [0.15, 0.2) is 114 Å². The number of fused-ring (bicyclic) bond motifs is 2. The van der Waals surface area contributed by atoms with Crippen LogP contribution in [0.5, 0.6) is 0 Å². The number of hydrogen-bond acceptors (Lipinski definition) is 1. The van der Waals surface area contributed by atoms with Crippen molar-refractivity contribution in [1.82, 2.24) is 4.57 Å². The molecule has 5 aromatic carbocycles. The quantitative estimate of drug-likeness (QED) is 0.138. The highest BCUT2D eigenvalue weighted by molar-refractivity contribution is 5.88. The first-order valence-electron chi connectivity index (χ1n) is 16.0. The van der Waals surface area contributed by atoms with Crippen molar-refractivity contribution in [2.75, 3.05) is 0 Å². The maximum Gasteiger partial charge on any atom is 0.295 e.